The number of carbonyl (C=O) groups is 2. The molecule has 1 aliphatic carbocycles. The summed E-state index contributed by atoms with van der Waals surface area (Å²) < 4.78 is 0. The summed E-state index contributed by atoms with van der Waals surface area (Å²) >= 11 is 6.11. The number of benzene rings is 3. The van der Waals surface area contributed by atoms with Gasteiger partial charge in [-0.2, -0.15) is 0 Å². The molecule has 1 unspecified atom stereocenters. The number of hydrogen-bond donors (Lipinski definition) is 1. The highest BCUT2D eigenvalue weighted by Gasteiger charge is 2.32. The Morgan fingerprint density at radius 3 is 1.97 bits per heavy atom. The number of hydrogen-bond acceptors (Lipinski definition) is 2. The van der Waals surface area contributed by atoms with Crippen LogP contribution in [0.2, 0.25) is 5.02 Å². The van der Waals surface area contributed by atoms with E-state index in [9.17, 15) is 9.59 Å². The van der Waals surface area contributed by atoms with E-state index < -0.39 is 6.04 Å². The zero-order valence-corrected chi connectivity index (χ0v) is 21.7. The molecule has 36 heavy (non-hydrogen) atoms. The van der Waals surface area contributed by atoms with E-state index in [1.165, 1.54) is 0 Å². The SMILES string of the molecule is CCC(C(=O)NC1CCCC1)N(Cc1ccc(Cl)cc1)C(=O)CC(c1ccccc1)c1ccccc1. The molecular formula is C31H35ClN2O2. The molecule has 2 amide bonds. The number of halogens is 1. The summed E-state index contributed by atoms with van der Waals surface area (Å²) in [6, 6.07) is 27.5. The van der Waals surface area contributed by atoms with Gasteiger partial charge in [-0.3, -0.25) is 9.59 Å². The first-order valence-electron chi connectivity index (χ1n) is 13.0. The fourth-order valence-corrected chi connectivity index (χ4v) is 5.29. The van der Waals surface area contributed by atoms with E-state index in [1.807, 2.05) is 67.6 Å². The molecule has 0 aliphatic heterocycles. The predicted molar refractivity (Wildman–Crippen MR) is 146 cm³/mol. The maximum Gasteiger partial charge on any atom is 0.243 e. The van der Waals surface area contributed by atoms with Crippen LogP contribution in [0.3, 0.4) is 0 Å². The average molecular weight is 503 g/mol. The molecule has 3 aromatic rings. The highest BCUT2D eigenvalue weighted by Crippen LogP contribution is 2.30. The molecule has 0 bridgehead atoms. The van der Waals surface area contributed by atoms with Crippen LogP contribution in [0.15, 0.2) is 84.9 Å². The van der Waals surface area contributed by atoms with Crippen molar-refractivity contribution in [1.29, 1.82) is 0 Å². The van der Waals surface area contributed by atoms with E-state index in [2.05, 4.69) is 29.6 Å². The van der Waals surface area contributed by atoms with Gasteiger partial charge in [-0.15, -0.1) is 0 Å². The van der Waals surface area contributed by atoms with Crippen LogP contribution < -0.4 is 5.32 Å². The normalized spacial score (nSPS) is 14.5. The Kier molecular flexibility index (Phi) is 9.18. The molecule has 1 N–H and O–H groups in total. The highest BCUT2D eigenvalue weighted by molar-refractivity contribution is 6.30. The summed E-state index contributed by atoms with van der Waals surface area (Å²) in [5.74, 6) is -0.179. The Balaban J connectivity index is 1.62. The van der Waals surface area contributed by atoms with Gasteiger partial charge >= 0.3 is 0 Å². The van der Waals surface area contributed by atoms with E-state index in [-0.39, 0.29) is 30.2 Å². The first kappa shape index (κ1) is 26.0. The molecule has 0 saturated heterocycles. The molecule has 0 spiro atoms. The first-order chi connectivity index (χ1) is 17.5. The van der Waals surface area contributed by atoms with Crippen LogP contribution in [-0.2, 0) is 16.1 Å². The van der Waals surface area contributed by atoms with Gasteiger partial charge in [-0.1, -0.05) is 104 Å². The van der Waals surface area contributed by atoms with E-state index in [0.717, 1.165) is 42.4 Å². The molecule has 3 aromatic carbocycles. The maximum absolute atomic E-state index is 14.0. The summed E-state index contributed by atoms with van der Waals surface area (Å²) in [6.45, 7) is 2.34. The second kappa shape index (κ2) is 12.7. The molecule has 5 heteroatoms. The van der Waals surface area contributed by atoms with Gasteiger partial charge < -0.3 is 10.2 Å². The lowest BCUT2D eigenvalue weighted by molar-refractivity contribution is -0.141. The van der Waals surface area contributed by atoms with Crippen LogP contribution in [0, 0.1) is 0 Å². The molecule has 1 fully saturated rings. The van der Waals surface area contributed by atoms with Crippen molar-refractivity contribution in [3.63, 3.8) is 0 Å². The van der Waals surface area contributed by atoms with Crippen molar-refractivity contribution >= 4 is 23.4 Å². The van der Waals surface area contributed by atoms with Crippen molar-refractivity contribution in [2.24, 2.45) is 0 Å². The Hall–Kier alpha value is -3.11. The Morgan fingerprint density at radius 2 is 1.44 bits per heavy atom. The van der Waals surface area contributed by atoms with Gasteiger partial charge in [0.15, 0.2) is 0 Å². The summed E-state index contributed by atoms with van der Waals surface area (Å²) in [7, 11) is 0. The smallest absolute Gasteiger partial charge is 0.243 e. The lowest BCUT2D eigenvalue weighted by Gasteiger charge is -2.33. The maximum atomic E-state index is 14.0. The first-order valence-corrected chi connectivity index (χ1v) is 13.4. The number of rotatable bonds is 10. The van der Waals surface area contributed by atoms with E-state index in [4.69, 9.17) is 11.6 Å². The minimum absolute atomic E-state index is 0.0314. The van der Waals surface area contributed by atoms with Crippen LogP contribution in [0.25, 0.3) is 0 Å². The third-order valence-electron chi connectivity index (χ3n) is 7.14. The van der Waals surface area contributed by atoms with Gasteiger partial charge in [-0.05, 0) is 48.1 Å². The standard InChI is InChI=1S/C31H35ClN2O2/c1-2-29(31(36)33-27-15-9-10-16-27)34(22-23-17-19-26(32)20-18-23)30(35)21-28(24-11-5-3-6-12-24)25-13-7-4-8-14-25/h3-8,11-14,17-20,27-29H,2,9-10,15-16,21-22H2,1H3,(H,33,36). The number of carbonyl (C=O) groups excluding carboxylic acids is 2. The summed E-state index contributed by atoms with van der Waals surface area (Å²) in [5, 5.41) is 3.87. The highest BCUT2D eigenvalue weighted by atomic mass is 35.5. The van der Waals surface area contributed by atoms with Gasteiger partial charge in [0.05, 0.1) is 0 Å². The molecule has 1 saturated carbocycles. The van der Waals surface area contributed by atoms with Crippen LogP contribution in [0.1, 0.15) is 68.1 Å². The van der Waals surface area contributed by atoms with Crippen molar-refractivity contribution in [3.05, 3.63) is 107 Å². The van der Waals surface area contributed by atoms with Gasteiger partial charge in [0, 0.05) is 29.9 Å². The van der Waals surface area contributed by atoms with Crippen LogP contribution >= 0.6 is 11.6 Å². The Morgan fingerprint density at radius 1 is 0.889 bits per heavy atom. The van der Waals surface area contributed by atoms with Gasteiger partial charge in [0.25, 0.3) is 0 Å². The minimum Gasteiger partial charge on any atom is -0.352 e. The largest absolute Gasteiger partial charge is 0.352 e. The fraction of sp³-hybridized carbons (Fsp3) is 0.355. The molecule has 0 radical (unpaired) electrons. The van der Waals surface area contributed by atoms with Crippen LogP contribution in [0.5, 0.6) is 0 Å². The van der Waals surface area contributed by atoms with Crippen molar-refractivity contribution in [2.45, 2.75) is 70.0 Å². The molecule has 0 aromatic heterocycles. The molecule has 188 valence electrons. The predicted octanol–water partition coefficient (Wildman–Crippen LogP) is 6.73. The lowest BCUT2D eigenvalue weighted by Crippen LogP contribution is -2.51. The summed E-state index contributed by atoms with van der Waals surface area (Å²) in [4.78, 5) is 29.2. The number of nitrogens with zero attached hydrogens (tertiary/aromatic N) is 1. The second-order valence-corrected chi connectivity index (χ2v) is 10.1. The van der Waals surface area contributed by atoms with Crippen LogP contribution in [0.4, 0.5) is 0 Å². The van der Waals surface area contributed by atoms with Crippen LogP contribution in [-0.4, -0.2) is 28.8 Å². The average Bonchev–Trinajstić information content (AvgIpc) is 3.42. The number of amides is 2. The number of nitrogens with one attached hydrogen (secondary N) is 1. The van der Waals surface area contributed by atoms with Gasteiger partial charge in [-0.25, -0.2) is 0 Å². The topological polar surface area (TPSA) is 49.4 Å². The molecule has 4 rings (SSSR count). The summed E-state index contributed by atoms with van der Waals surface area (Å²) in [5.41, 5.74) is 3.13. The second-order valence-electron chi connectivity index (χ2n) is 9.64. The van der Waals surface area contributed by atoms with Crippen molar-refractivity contribution in [1.82, 2.24) is 10.2 Å². The summed E-state index contributed by atoms with van der Waals surface area (Å²) in [6.07, 6.45) is 5.15. The van der Waals surface area contributed by atoms with Gasteiger partial charge in [0.2, 0.25) is 11.8 Å². The molecule has 1 aliphatic rings. The quantitative estimate of drug-likeness (QED) is 0.334. The van der Waals surface area contributed by atoms with E-state index >= 15 is 0 Å². The third-order valence-corrected chi connectivity index (χ3v) is 7.39. The molecule has 1 atom stereocenters. The third kappa shape index (κ3) is 6.76. The zero-order chi connectivity index (χ0) is 25.3. The minimum atomic E-state index is -0.527. The van der Waals surface area contributed by atoms with Gasteiger partial charge in [0.1, 0.15) is 6.04 Å². The van der Waals surface area contributed by atoms with E-state index in [1.54, 1.807) is 4.90 Å². The molecule has 4 nitrogen and oxygen atoms in total. The molecule has 0 heterocycles. The zero-order valence-electron chi connectivity index (χ0n) is 20.9. The fourth-order valence-electron chi connectivity index (χ4n) is 5.16. The van der Waals surface area contributed by atoms with Crippen molar-refractivity contribution in [2.75, 3.05) is 0 Å². The van der Waals surface area contributed by atoms with Crippen molar-refractivity contribution < 1.29 is 9.59 Å². The Bertz CT molecular complexity index is 1070. The monoisotopic (exact) mass is 502 g/mol. The van der Waals surface area contributed by atoms with Crippen molar-refractivity contribution in [3.8, 4) is 0 Å². The van der Waals surface area contributed by atoms with E-state index in [0.29, 0.717) is 18.0 Å². The Labute approximate surface area is 219 Å². The molecular weight excluding hydrogens is 468 g/mol. The lowest BCUT2D eigenvalue weighted by atomic mass is 9.88.